The number of hydrogen-bond acceptors (Lipinski definition) is 8. The number of hydrogen-bond donors (Lipinski definition) is 2. The molecule has 1 unspecified atom stereocenters. The number of aryl methyl sites for hydroxylation is 1. The molecule has 4 rings (SSSR count). The van der Waals surface area contributed by atoms with Crippen LogP contribution in [-0.2, 0) is 7.05 Å². The lowest BCUT2D eigenvalue weighted by molar-refractivity contribution is -0.274. The van der Waals surface area contributed by atoms with Gasteiger partial charge in [-0.25, -0.2) is 15.0 Å². The van der Waals surface area contributed by atoms with Crippen LogP contribution < -0.4 is 15.4 Å². The molecule has 3 heterocycles. The number of benzene rings is 1. The summed E-state index contributed by atoms with van der Waals surface area (Å²) in [6, 6.07) is 4.36. The van der Waals surface area contributed by atoms with Gasteiger partial charge in [-0.05, 0) is 19.1 Å². The van der Waals surface area contributed by atoms with Gasteiger partial charge in [-0.2, -0.15) is 5.10 Å². The molecule has 0 bridgehead atoms. The van der Waals surface area contributed by atoms with Crippen molar-refractivity contribution in [3.05, 3.63) is 58.6 Å². The van der Waals surface area contributed by atoms with Crippen LogP contribution in [0.25, 0.3) is 11.0 Å². The quantitative estimate of drug-likeness (QED) is 0.423. The van der Waals surface area contributed by atoms with E-state index in [2.05, 4.69) is 35.4 Å². The maximum atomic E-state index is 12.7. The Kier molecular flexibility index (Phi) is 6.15. The molecular formula is C20H16F3N7O3S. The van der Waals surface area contributed by atoms with E-state index in [-0.39, 0.29) is 16.3 Å². The SMILES string of the molecule is CC(NC(=O)c1ncnc2c1cnn2C)c1ncc(C(=O)Nc2cccc(OC(F)(F)F)c2)s1. The molecule has 3 aromatic heterocycles. The molecular weight excluding hydrogens is 475 g/mol. The summed E-state index contributed by atoms with van der Waals surface area (Å²) >= 11 is 1.03. The topological polar surface area (TPSA) is 124 Å². The van der Waals surface area contributed by atoms with E-state index in [9.17, 15) is 22.8 Å². The van der Waals surface area contributed by atoms with Gasteiger partial charge in [0.2, 0.25) is 0 Å². The Morgan fingerprint density at radius 3 is 2.71 bits per heavy atom. The van der Waals surface area contributed by atoms with Gasteiger partial charge in [-0.15, -0.1) is 24.5 Å². The van der Waals surface area contributed by atoms with Crippen LogP contribution in [0.1, 0.15) is 38.1 Å². The largest absolute Gasteiger partial charge is 0.573 e. The first-order chi connectivity index (χ1) is 16.1. The zero-order valence-electron chi connectivity index (χ0n) is 17.6. The third-order valence-corrected chi connectivity index (χ3v) is 5.71. The standard InChI is InChI=1S/C20H16F3N7O3S/c1-10(28-18(32)15-13-7-27-30(2)16(13)26-9-25-15)19-24-8-14(34-19)17(31)29-11-4-3-5-12(6-11)33-20(21,22)23/h3-10H,1-2H3,(H,28,32)(H,29,31). The summed E-state index contributed by atoms with van der Waals surface area (Å²) in [5, 5.41) is 10.3. The highest BCUT2D eigenvalue weighted by atomic mass is 32.1. The van der Waals surface area contributed by atoms with Crippen LogP contribution in [0.4, 0.5) is 18.9 Å². The Balaban J connectivity index is 1.43. The number of aromatic nitrogens is 5. The molecule has 0 saturated heterocycles. The van der Waals surface area contributed by atoms with E-state index >= 15 is 0 Å². The van der Waals surface area contributed by atoms with Gasteiger partial charge in [0.15, 0.2) is 5.65 Å². The number of fused-ring (bicyclic) bond motifs is 1. The number of alkyl halides is 3. The van der Waals surface area contributed by atoms with Gasteiger partial charge in [0.1, 0.15) is 27.7 Å². The monoisotopic (exact) mass is 491 g/mol. The summed E-state index contributed by atoms with van der Waals surface area (Å²) in [6.07, 6.45) is -0.762. The molecule has 4 aromatic rings. The first-order valence-corrected chi connectivity index (χ1v) is 10.5. The van der Waals surface area contributed by atoms with E-state index in [1.54, 1.807) is 14.0 Å². The summed E-state index contributed by atoms with van der Waals surface area (Å²) in [4.78, 5) is 37.8. The number of amides is 2. The smallest absolute Gasteiger partial charge is 0.406 e. The number of halogens is 3. The molecule has 0 spiro atoms. The summed E-state index contributed by atoms with van der Waals surface area (Å²) in [5.74, 6) is -1.49. The number of carbonyl (C=O) groups is 2. The predicted molar refractivity (Wildman–Crippen MR) is 115 cm³/mol. The molecule has 0 aliphatic rings. The molecule has 1 aromatic carbocycles. The zero-order chi connectivity index (χ0) is 24.5. The Morgan fingerprint density at radius 1 is 1.15 bits per heavy atom. The lowest BCUT2D eigenvalue weighted by Gasteiger charge is -2.11. The van der Waals surface area contributed by atoms with Gasteiger partial charge in [0.05, 0.1) is 23.8 Å². The maximum absolute atomic E-state index is 12.7. The number of carbonyl (C=O) groups excluding carboxylic acids is 2. The van der Waals surface area contributed by atoms with E-state index < -0.39 is 30.0 Å². The van der Waals surface area contributed by atoms with Crippen LogP contribution in [0.5, 0.6) is 5.75 Å². The molecule has 0 fully saturated rings. The Labute approximate surface area is 193 Å². The minimum atomic E-state index is -4.84. The molecule has 1 atom stereocenters. The summed E-state index contributed by atoms with van der Waals surface area (Å²) in [6.45, 7) is 1.69. The van der Waals surface area contributed by atoms with Crippen LogP contribution >= 0.6 is 11.3 Å². The number of thiazole rings is 1. The van der Waals surface area contributed by atoms with E-state index in [1.165, 1.54) is 35.5 Å². The lowest BCUT2D eigenvalue weighted by Crippen LogP contribution is -2.27. The number of rotatable bonds is 6. The normalized spacial score (nSPS) is 12.4. The summed E-state index contributed by atoms with van der Waals surface area (Å²) in [7, 11) is 1.70. The molecule has 14 heteroatoms. The molecule has 176 valence electrons. The molecule has 0 saturated carbocycles. The van der Waals surface area contributed by atoms with Crippen molar-refractivity contribution in [1.29, 1.82) is 0 Å². The third-order valence-electron chi connectivity index (χ3n) is 4.54. The first kappa shape index (κ1) is 23.1. The highest BCUT2D eigenvalue weighted by Gasteiger charge is 2.31. The minimum Gasteiger partial charge on any atom is -0.406 e. The Morgan fingerprint density at radius 2 is 1.94 bits per heavy atom. The van der Waals surface area contributed by atoms with Crippen molar-refractivity contribution in [1.82, 2.24) is 30.0 Å². The van der Waals surface area contributed by atoms with E-state index in [0.29, 0.717) is 16.0 Å². The van der Waals surface area contributed by atoms with Crippen LogP contribution in [0.3, 0.4) is 0 Å². The average Bonchev–Trinajstić information content (AvgIpc) is 3.40. The Bertz CT molecular complexity index is 1370. The second-order valence-electron chi connectivity index (χ2n) is 7.02. The van der Waals surface area contributed by atoms with Crippen molar-refractivity contribution in [3.8, 4) is 5.75 Å². The van der Waals surface area contributed by atoms with E-state index in [0.717, 1.165) is 23.5 Å². The predicted octanol–water partition coefficient (Wildman–Crippen LogP) is 3.46. The fourth-order valence-corrected chi connectivity index (χ4v) is 3.84. The number of anilines is 1. The van der Waals surface area contributed by atoms with Crippen LogP contribution in [0.15, 0.2) is 43.0 Å². The highest BCUT2D eigenvalue weighted by molar-refractivity contribution is 7.13. The van der Waals surface area contributed by atoms with Crippen molar-refractivity contribution >= 4 is 39.9 Å². The van der Waals surface area contributed by atoms with E-state index in [4.69, 9.17) is 0 Å². The molecule has 2 N–H and O–H groups in total. The number of nitrogens with one attached hydrogen (secondary N) is 2. The van der Waals surface area contributed by atoms with Crippen LogP contribution in [0.2, 0.25) is 0 Å². The molecule has 0 aliphatic heterocycles. The molecule has 0 radical (unpaired) electrons. The molecule has 34 heavy (non-hydrogen) atoms. The number of ether oxygens (including phenoxy) is 1. The van der Waals surface area contributed by atoms with Crippen LogP contribution in [-0.4, -0.2) is 42.9 Å². The van der Waals surface area contributed by atoms with Gasteiger partial charge in [0, 0.05) is 18.8 Å². The van der Waals surface area contributed by atoms with Crippen molar-refractivity contribution in [2.45, 2.75) is 19.3 Å². The van der Waals surface area contributed by atoms with Gasteiger partial charge in [-0.1, -0.05) is 6.07 Å². The third kappa shape index (κ3) is 5.11. The minimum absolute atomic E-state index is 0.118. The van der Waals surface area contributed by atoms with E-state index in [1.807, 2.05) is 0 Å². The van der Waals surface area contributed by atoms with Crippen LogP contribution in [0, 0.1) is 0 Å². The first-order valence-electron chi connectivity index (χ1n) is 9.67. The second-order valence-corrected chi connectivity index (χ2v) is 8.08. The summed E-state index contributed by atoms with van der Waals surface area (Å²) in [5.41, 5.74) is 0.776. The Hall–Kier alpha value is -4.07. The zero-order valence-corrected chi connectivity index (χ0v) is 18.4. The van der Waals surface area contributed by atoms with Gasteiger partial charge < -0.3 is 15.4 Å². The van der Waals surface area contributed by atoms with Gasteiger partial charge in [-0.3, -0.25) is 14.3 Å². The molecule has 10 nitrogen and oxygen atoms in total. The number of nitrogens with zero attached hydrogens (tertiary/aromatic N) is 5. The van der Waals surface area contributed by atoms with Crippen molar-refractivity contribution in [3.63, 3.8) is 0 Å². The fraction of sp³-hybridized carbons (Fsp3) is 0.200. The second kappa shape index (κ2) is 9.05. The van der Waals surface area contributed by atoms with Crippen molar-refractivity contribution in [2.75, 3.05) is 5.32 Å². The van der Waals surface area contributed by atoms with Gasteiger partial charge >= 0.3 is 6.36 Å². The van der Waals surface area contributed by atoms with Crippen molar-refractivity contribution < 1.29 is 27.5 Å². The summed E-state index contributed by atoms with van der Waals surface area (Å²) < 4.78 is 42.6. The lowest BCUT2D eigenvalue weighted by atomic mass is 10.2. The van der Waals surface area contributed by atoms with Gasteiger partial charge in [0.25, 0.3) is 11.8 Å². The fourth-order valence-electron chi connectivity index (χ4n) is 3.03. The highest BCUT2D eigenvalue weighted by Crippen LogP contribution is 2.26. The molecule has 0 aliphatic carbocycles. The van der Waals surface area contributed by atoms with Crippen molar-refractivity contribution in [2.24, 2.45) is 7.05 Å². The average molecular weight is 491 g/mol. The molecule has 2 amide bonds. The maximum Gasteiger partial charge on any atom is 0.573 e.